The summed E-state index contributed by atoms with van der Waals surface area (Å²) in [5.41, 5.74) is 1.24. The van der Waals surface area contributed by atoms with Crippen LogP contribution in [0.5, 0.6) is 11.5 Å². The first-order valence-electron chi connectivity index (χ1n) is 8.89. The van der Waals surface area contributed by atoms with E-state index < -0.39 is 9.84 Å². The van der Waals surface area contributed by atoms with Crippen LogP contribution in [0.25, 0.3) is 0 Å². The molecule has 0 saturated heterocycles. The highest BCUT2D eigenvalue weighted by Gasteiger charge is 2.34. The van der Waals surface area contributed by atoms with E-state index in [1.54, 1.807) is 56.0 Å². The molecule has 150 valence electrons. The fraction of sp³-hybridized carbons (Fsp3) is 0.190. The third-order valence-electron chi connectivity index (χ3n) is 4.91. The number of nitrogens with one attached hydrogen (secondary N) is 1. The van der Waals surface area contributed by atoms with Crippen LogP contribution in [0.4, 0.5) is 5.69 Å². The minimum Gasteiger partial charge on any atom is -0.493 e. The van der Waals surface area contributed by atoms with E-state index >= 15 is 0 Å². The number of rotatable bonds is 5. The highest BCUT2D eigenvalue weighted by atomic mass is 32.2. The normalized spacial score (nSPS) is 16.1. The molecule has 6 nitrogen and oxygen atoms in total. The SMILES string of the molecule is COc1ccc([C@H]2CC(=O)Nc3c(S(=O)(=O)c4ccccc4)csc32)cc1OC. The monoisotopic (exact) mass is 429 g/mol. The third kappa shape index (κ3) is 3.38. The van der Waals surface area contributed by atoms with Gasteiger partial charge in [0, 0.05) is 22.6 Å². The summed E-state index contributed by atoms with van der Waals surface area (Å²) in [6.45, 7) is 0. The van der Waals surface area contributed by atoms with Crippen LogP contribution in [0, 0.1) is 0 Å². The van der Waals surface area contributed by atoms with Crippen LogP contribution in [0.3, 0.4) is 0 Å². The van der Waals surface area contributed by atoms with Gasteiger partial charge in [-0.05, 0) is 29.8 Å². The molecule has 2 aromatic carbocycles. The topological polar surface area (TPSA) is 81.7 Å². The summed E-state index contributed by atoms with van der Waals surface area (Å²) >= 11 is 1.34. The van der Waals surface area contributed by atoms with Gasteiger partial charge in [-0.1, -0.05) is 24.3 Å². The summed E-state index contributed by atoms with van der Waals surface area (Å²) in [6, 6.07) is 13.7. The highest BCUT2D eigenvalue weighted by molar-refractivity contribution is 7.91. The fourth-order valence-corrected chi connectivity index (χ4v) is 6.40. The minimum absolute atomic E-state index is 0.127. The zero-order valence-corrected chi connectivity index (χ0v) is 17.5. The van der Waals surface area contributed by atoms with Crippen molar-refractivity contribution < 1.29 is 22.7 Å². The first-order valence-corrected chi connectivity index (χ1v) is 11.2. The Kier molecular flexibility index (Phi) is 5.06. The van der Waals surface area contributed by atoms with E-state index in [1.807, 2.05) is 12.1 Å². The summed E-state index contributed by atoms with van der Waals surface area (Å²) in [5, 5.41) is 4.38. The van der Waals surface area contributed by atoms with Gasteiger partial charge >= 0.3 is 0 Å². The molecule has 4 rings (SSSR count). The molecule has 0 saturated carbocycles. The van der Waals surface area contributed by atoms with E-state index in [4.69, 9.17) is 9.47 Å². The average molecular weight is 430 g/mol. The maximum Gasteiger partial charge on any atom is 0.225 e. The van der Waals surface area contributed by atoms with Gasteiger partial charge in [0.25, 0.3) is 0 Å². The lowest BCUT2D eigenvalue weighted by Crippen LogP contribution is -2.23. The maximum absolute atomic E-state index is 13.1. The molecule has 1 N–H and O–H groups in total. The second-order valence-electron chi connectivity index (χ2n) is 6.58. The van der Waals surface area contributed by atoms with Crippen molar-refractivity contribution in [2.45, 2.75) is 22.1 Å². The first-order chi connectivity index (χ1) is 14.0. The zero-order chi connectivity index (χ0) is 20.6. The first kappa shape index (κ1) is 19.5. The molecule has 0 fully saturated rings. The number of methoxy groups -OCH3 is 2. The molecule has 29 heavy (non-hydrogen) atoms. The van der Waals surface area contributed by atoms with Crippen LogP contribution in [0.2, 0.25) is 0 Å². The second-order valence-corrected chi connectivity index (χ2v) is 9.40. The quantitative estimate of drug-likeness (QED) is 0.661. The molecular formula is C21H19NO5S2. The Morgan fingerprint density at radius 2 is 1.76 bits per heavy atom. The van der Waals surface area contributed by atoms with Crippen molar-refractivity contribution in [3.8, 4) is 11.5 Å². The summed E-state index contributed by atoms with van der Waals surface area (Å²) in [6.07, 6.45) is 0.230. The Bertz CT molecular complexity index is 1170. The molecule has 3 aromatic rings. The Hall–Kier alpha value is -2.84. The Morgan fingerprint density at radius 1 is 1.03 bits per heavy atom. The Labute approximate surface area is 173 Å². The van der Waals surface area contributed by atoms with Gasteiger partial charge in [-0.2, -0.15) is 0 Å². The standard InChI is InChI=1S/C21H19NO5S2/c1-26-16-9-8-13(10-17(16)27-2)15-11-19(23)22-20-18(12-28-21(15)20)29(24,25)14-6-4-3-5-7-14/h3-10,12,15H,11H2,1-2H3,(H,22,23)/t15-/m1/s1. The number of ether oxygens (including phenoxy) is 2. The van der Waals surface area contributed by atoms with E-state index in [9.17, 15) is 13.2 Å². The molecule has 1 aromatic heterocycles. The number of fused-ring (bicyclic) bond motifs is 1. The van der Waals surface area contributed by atoms with Crippen molar-refractivity contribution >= 4 is 32.8 Å². The van der Waals surface area contributed by atoms with Gasteiger partial charge in [0.2, 0.25) is 15.7 Å². The predicted octanol–water partition coefficient (Wildman–Crippen LogP) is 4.07. The molecular weight excluding hydrogens is 410 g/mol. The molecule has 0 aliphatic carbocycles. The van der Waals surface area contributed by atoms with Crippen molar-refractivity contribution in [3.05, 3.63) is 64.4 Å². The van der Waals surface area contributed by atoms with Crippen LogP contribution in [-0.4, -0.2) is 28.5 Å². The third-order valence-corrected chi connectivity index (χ3v) is 7.95. The summed E-state index contributed by atoms with van der Waals surface area (Å²) in [4.78, 5) is 13.6. The minimum atomic E-state index is -3.74. The van der Waals surface area contributed by atoms with Gasteiger partial charge in [-0.25, -0.2) is 8.42 Å². The fourth-order valence-electron chi connectivity index (χ4n) is 3.47. The largest absolute Gasteiger partial charge is 0.493 e. The van der Waals surface area contributed by atoms with Crippen LogP contribution < -0.4 is 14.8 Å². The van der Waals surface area contributed by atoms with Crippen molar-refractivity contribution in [2.24, 2.45) is 0 Å². The van der Waals surface area contributed by atoms with E-state index in [0.717, 1.165) is 10.4 Å². The summed E-state index contributed by atoms with van der Waals surface area (Å²) < 4.78 is 36.9. The van der Waals surface area contributed by atoms with Gasteiger partial charge in [0.15, 0.2) is 11.5 Å². The van der Waals surface area contributed by atoms with E-state index in [2.05, 4.69) is 5.32 Å². The molecule has 0 radical (unpaired) electrons. The number of hydrogen-bond donors (Lipinski definition) is 1. The van der Waals surface area contributed by atoms with E-state index in [0.29, 0.717) is 17.2 Å². The number of carbonyl (C=O) groups is 1. The lowest BCUT2D eigenvalue weighted by Gasteiger charge is -2.24. The van der Waals surface area contributed by atoms with Crippen LogP contribution in [0.1, 0.15) is 22.8 Å². The average Bonchev–Trinajstić information content (AvgIpc) is 3.17. The van der Waals surface area contributed by atoms with Crippen molar-refractivity contribution in [1.29, 1.82) is 0 Å². The zero-order valence-electron chi connectivity index (χ0n) is 15.8. The number of hydrogen-bond acceptors (Lipinski definition) is 6. The molecule has 1 aliphatic heterocycles. The number of anilines is 1. The molecule has 1 atom stereocenters. The lowest BCUT2D eigenvalue weighted by atomic mass is 9.90. The maximum atomic E-state index is 13.1. The molecule has 2 heterocycles. The summed E-state index contributed by atoms with van der Waals surface area (Å²) in [7, 11) is -0.628. The number of benzene rings is 2. The van der Waals surface area contributed by atoms with Gasteiger partial charge in [0.1, 0.15) is 4.90 Å². The molecule has 0 bridgehead atoms. The van der Waals surface area contributed by atoms with Crippen molar-refractivity contribution in [1.82, 2.24) is 0 Å². The molecule has 0 spiro atoms. The molecule has 1 amide bonds. The van der Waals surface area contributed by atoms with Gasteiger partial charge < -0.3 is 14.8 Å². The second kappa shape index (κ2) is 7.53. The predicted molar refractivity (Wildman–Crippen MR) is 111 cm³/mol. The van der Waals surface area contributed by atoms with Crippen molar-refractivity contribution in [2.75, 3.05) is 19.5 Å². The lowest BCUT2D eigenvalue weighted by molar-refractivity contribution is -0.116. The summed E-state index contributed by atoms with van der Waals surface area (Å²) in [5.74, 6) is 0.671. The van der Waals surface area contributed by atoms with Crippen LogP contribution in [-0.2, 0) is 14.6 Å². The Balaban J connectivity index is 1.81. The molecule has 0 unspecified atom stereocenters. The van der Waals surface area contributed by atoms with Crippen LogP contribution in [0.15, 0.2) is 63.7 Å². The smallest absolute Gasteiger partial charge is 0.225 e. The number of thiophene rings is 1. The molecule has 8 heteroatoms. The van der Waals surface area contributed by atoms with Crippen LogP contribution >= 0.6 is 11.3 Å². The van der Waals surface area contributed by atoms with Gasteiger partial charge in [0.05, 0.1) is 24.8 Å². The van der Waals surface area contributed by atoms with E-state index in [1.165, 1.54) is 11.3 Å². The van der Waals surface area contributed by atoms with Gasteiger partial charge in [-0.3, -0.25) is 4.79 Å². The Morgan fingerprint density at radius 3 is 2.45 bits per heavy atom. The van der Waals surface area contributed by atoms with E-state index in [-0.39, 0.29) is 28.0 Å². The number of sulfone groups is 1. The molecule has 1 aliphatic rings. The number of carbonyl (C=O) groups excluding carboxylic acids is 1. The highest BCUT2D eigenvalue weighted by Crippen LogP contribution is 2.46. The van der Waals surface area contributed by atoms with Gasteiger partial charge in [-0.15, -0.1) is 11.3 Å². The van der Waals surface area contributed by atoms with Crippen molar-refractivity contribution in [3.63, 3.8) is 0 Å². The number of amides is 1.